The Morgan fingerprint density at radius 1 is 1.50 bits per heavy atom. The highest BCUT2D eigenvalue weighted by molar-refractivity contribution is 8.07. The Bertz CT molecular complexity index is 52.5. The molecule has 0 fully saturated rings. The number of hydrogen-bond donors (Lipinski definition) is 1. The van der Waals surface area contributed by atoms with Gasteiger partial charge in [-0.25, -0.2) is 11.6 Å². The molecule has 8 heavy (non-hydrogen) atoms. The van der Waals surface area contributed by atoms with Crippen LogP contribution in [-0.4, -0.2) is 18.4 Å². The summed E-state index contributed by atoms with van der Waals surface area (Å²) in [6, 6.07) is 0. The van der Waals surface area contributed by atoms with Crippen LogP contribution in [-0.2, 0) is 7.26 Å². The second-order valence-corrected chi connectivity index (χ2v) is 3.25. The summed E-state index contributed by atoms with van der Waals surface area (Å²) < 4.78 is 10.7. The lowest BCUT2D eigenvalue weighted by Crippen LogP contribution is -1.97. The van der Waals surface area contributed by atoms with Crippen LogP contribution in [0.15, 0.2) is 0 Å². The monoisotopic (exact) mass is 173 g/mol. The van der Waals surface area contributed by atoms with Crippen LogP contribution in [0.4, 0.5) is 0 Å². The highest BCUT2D eigenvalue weighted by Crippen LogP contribution is 2.17. The first kappa shape index (κ1) is 8.93. The molecule has 0 rings (SSSR count). The quantitative estimate of drug-likeness (QED) is 0.300. The maximum atomic E-state index is 4.70. The fourth-order valence-electron chi connectivity index (χ4n) is 0.0857. The Morgan fingerprint density at radius 2 is 2.12 bits per heavy atom. The van der Waals surface area contributed by atoms with Crippen molar-refractivity contribution >= 4 is 37.5 Å². The minimum Gasteiger partial charge on any atom is -0.232 e. The van der Waals surface area contributed by atoms with Gasteiger partial charge in [-0.05, 0) is 27.0 Å². The van der Waals surface area contributed by atoms with Gasteiger partial charge in [0, 0.05) is 0 Å². The summed E-state index contributed by atoms with van der Waals surface area (Å²) in [6.45, 7) is 0. The van der Waals surface area contributed by atoms with Crippen LogP contribution < -0.4 is 0 Å². The van der Waals surface area contributed by atoms with Crippen molar-refractivity contribution in [2.24, 2.45) is 0 Å². The van der Waals surface area contributed by atoms with Crippen molar-refractivity contribution in [3.05, 3.63) is 0 Å². The lowest BCUT2D eigenvalue weighted by molar-refractivity contribution is 0.591. The third-order valence-corrected chi connectivity index (χ3v) is 1.24. The highest BCUT2D eigenvalue weighted by atomic mass is 32.3. The topological polar surface area (TPSA) is 21.7 Å². The average Bonchev–Trinajstić information content (AvgIpc) is 1.66. The Balaban J connectivity index is 2.72. The van der Waals surface area contributed by atoms with Gasteiger partial charge >= 0.3 is 0 Å². The normalized spacial score (nSPS) is 10.5. The second kappa shape index (κ2) is 6.06. The minimum absolute atomic E-state index is 0.822. The van der Waals surface area contributed by atoms with Crippen LogP contribution in [0.25, 0.3) is 0 Å². The SMILES string of the molecule is CN(C)SOSOS. The van der Waals surface area contributed by atoms with Crippen LogP contribution >= 0.6 is 37.5 Å². The van der Waals surface area contributed by atoms with E-state index in [0.717, 1.165) is 12.3 Å². The van der Waals surface area contributed by atoms with Gasteiger partial charge in [-0.3, -0.25) is 0 Å². The summed E-state index contributed by atoms with van der Waals surface area (Å²) in [5.41, 5.74) is 0. The molecule has 0 unspecified atom stereocenters. The van der Waals surface area contributed by atoms with Gasteiger partial charge in [0.25, 0.3) is 0 Å². The first-order valence-corrected chi connectivity index (χ1v) is 3.49. The summed E-state index contributed by atoms with van der Waals surface area (Å²) in [4.78, 5) is 0. The van der Waals surface area contributed by atoms with Crippen molar-refractivity contribution in [2.45, 2.75) is 0 Å². The minimum atomic E-state index is 0.822. The Hall–Kier alpha value is 0.930. The first-order valence-electron chi connectivity index (χ1n) is 1.76. The molecule has 0 aromatic carbocycles. The number of rotatable bonds is 4. The van der Waals surface area contributed by atoms with E-state index in [-0.39, 0.29) is 0 Å². The van der Waals surface area contributed by atoms with Gasteiger partial charge in [0.05, 0.1) is 12.2 Å². The third-order valence-electron chi connectivity index (χ3n) is 0.238. The molecule has 0 N–H and O–H groups in total. The van der Waals surface area contributed by atoms with Gasteiger partial charge < -0.3 is 0 Å². The molecule has 0 radical (unpaired) electrons. The van der Waals surface area contributed by atoms with Crippen molar-refractivity contribution in [3.8, 4) is 0 Å². The third kappa shape index (κ3) is 6.93. The second-order valence-electron chi connectivity index (χ2n) is 1.10. The average molecular weight is 173 g/mol. The molecule has 6 heteroatoms. The first-order chi connectivity index (χ1) is 3.77. The van der Waals surface area contributed by atoms with Crippen LogP contribution in [0.5, 0.6) is 0 Å². The molecule has 0 atom stereocenters. The molecular formula is C2H7NO2S3. The van der Waals surface area contributed by atoms with Crippen molar-refractivity contribution in [3.63, 3.8) is 0 Å². The Labute approximate surface area is 63.5 Å². The van der Waals surface area contributed by atoms with E-state index in [1.54, 1.807) is 4.31 Å². The van der Waals surface area contributed by atoms with Crippen molar-refractivity contribution in [2.75, 3.05) is 14.1 Å². The van der Waals surface area contributed by atoms with E-state index in [0.29, 0.717) is 0 Å². The zero-order chi connectivity index (χ0) is 6.41. The standard InChI is InChI=1S/C2H7NO2S3/c1-3(2)7-5-8-4-6/h6H,1-2H3. The van der Waals surface area contributed by atoms with E-state index < -0.39 is 0 Å². The fraction of sp³-hybridized carbons (Fsp3) is 1.00. The van der Waals surface area contributed by atoms with Gasteiger partial charge in [0.2, 0.25) is 0 Å². The van der Waals surface area contributed by atoms with Crippen LogP contribution in [0, 0.1) is 0 Å². The van der Waals surface area contributed by atoms with Crippen molar-refractivity contribution in [1.82, 2.24) is 4.31 Å². The van der Waals surface area contributed by atoms with Crippen LogP contribution in [0.2, 0.25) is 0 Å². The summed E-state index contributed by atoms with van der Waals surface area (Å²) in [7, 11) is 3.73. The fourth-order valence-corrected chi connectivity index (χ4v) is 0.995. The van der Waals surface area contributed by atoms with Crippen molar-refractivity contribution in [1.29, 1.82) is 0 Å². The van der Waals surface area contributed by atoms with Gasteiger partial charge in [-0.2, -0.15) is 0 Å². The molecule has 3 nitrogen and oxygen atoms in total. The van der Waals surface area contributed by atoms with E-state index in [1.807, 2.05) is 14.1 Å². The summed E-state index contributed by atoms with van der Waals surface area (Å²) in [5, 5.41) is 0. The molecule has 0 aliphatic rings. The van der Waals surface area contributed by atoms with Crippen molar-refractivity contribution < 1.29 is 7.26 Å². The van der Waals surface area contributed by atoms with Gasteiger partial charge in [-0.15, -0.1) is 0 Å². The van der Waals surface area contributed by atoms with Crippen LogP contribution in [0.3, 0.4) is 0 Å². The smallest absolute Gasteiger partial charge is 0.185 e. The molecule has 0 saturated carbocycles. The summed E-state index contributed by atoms with van der Waals surface area (Å²) in [6.07, 6.45) is 0. The maximum Gasteiger partial charge on any atom is 0.185 e. The maximum absolute atomic E-state index is 4.70. The largest absolute Gasteiger partial charge is 0.232 e. The molecular weight excluding hydrogens is 166 g/mol. The molecule has 0 bridgehead atoms. The zero-order valence-corrected chi connectivity index (χ0v) is 7.05. The predicted octanol–water partition coefficient (Wildman–Crippen LogP) is 1.55. The summed E-state index contributed by atoms with van der Waals surface area (Å²) in [5.74, 6) is 0. The van der Waals surface area contributed by atoms with Crippen LogP contribution in [0.1, 0.15) is 0 Å². The lowest BCUT2D eigenvalue weighted by Gasteiger charge is -2.02. The summed E-state index contributed by atoms with van der Waals surface area (Å²) >= 11 is 5.43. The molecule has 50 valence electrons. The lowest BCUT2D eigenvalue weighted by atomic mass is 11.3. The molecule has 0 aromatic rings. The number of nitrogens with zero attached hydrogens (tertiary/aromatic N) is 1. The van der Waals surface area contributed by atoms with E-state index >= 15 is 0 Å². The number of hydrogen-bond acceptors (Lipinski definition) is 6. The van der Waals surface area contributed by atoms with Gasteiger partial charge in [-0.1, -0.05) is 0 Å². The van der Waals surface area contributed by atoms with E-state index in [1.165, 1.54) is 12.2 Å². The molecule has 0 aliphatic heterocycles. The molecule has 0 saturated heterocycles. The molecule has 0 heterocycles. The Kier molecular flexibility index (Phi) is 6.76. The molecule has 0 aromatic heterocycles. The van der Waals surface area contributed by atoms with E-state index in [9.17, 15) is 0 Å². The predicted molar refractivity (Wildman–Crippen MR) is 40.0 cm³/mol. The van der Waals surface area contributed by atoms with Gasteiger partial charge in [0.1, 0.15) is 0 Å². The van der Waals surface area contributed by atoms with Gasteiger partial charge in [0.15, 0.2) is 12.3 Å². The number of thiol groups is 1. The highest BCUT2D eigenvalue weighted by Gasteiger charge is 1.90. The molecule has 0 aliphatic carbocycles. The molecule has 0 spiro atoms. The molecule has 0 amide bonds. The van der Waals surface area contributed by atoms with E-state index in [2.05, 4.69) is 16.5 Å². The van der Waals surface area contributed by atoms with E-state index in [4.69, 9.17) is 3.63 Å². The Morgan fingerprint density at radius 3 is 2.50 bits per heavy atom. The zero-order valence-electron chi connectivity index (χ0n) is 4.53.